The minimum absolute atomic E-state index is 0.0327. The van der Waals surface area contributed by atoms with E-state index in [1.165, 1.54) is 24.3 Å². The highest BCUT2D eigenvalue weighted by atomic mass is 19.1. The zero-order chi connectivity index (χ0) is 16.6. The van der Waals surface area contributed by atoms with E-state index in [2.05, 4.69) is 10.5 Å². The third kappa shape index (κ3) is 2.48. The number of halogens is 1. The fourth-order valence-electron chi connectivity index (χ4n) is 2.80. The molecule has 3 rings (SSSR count). The van der Waals surface area contributed by atoms with Gasteiger partial charge >= 0.3 is 6.03 Å². The average Bonchev–Trinajstić information content (AvgIpc) is 3.05. The molecule has 0 radical (unpaired) electrons. The van der Waals surface area contributed by atoms with E-state index >= 15 is 0 Å². The summed E-state index contributed by atoms with van der Waals surface area (Å²) < 4.78 is 18.1. The van der Waals surface area contributed by atoms with Crippen LogP contribution in [0.4, 0.5) is 9.18 Å². The molecule has 2 heterocycles. The first-order chi connectivity index (χ1) is 11.0. The smallest absolute Gasteiger partial charge is 0.325 e. The molecule has 23 heavy (non-hydrogen) atoms. The van der Waals surface area contributed by atoms with Crippen LogP contribution in [0, 0.1) is 12.7 Å². The number of nitrogens with zero attached hydrogens (tertiary/aromatic N) is 2. The molecular weight excluding hydrogens is 301 g/mol. The lowest BCUT2D eigenvalue weighted by Gasteiger charge is -2.25. The van der Waals surface area contributed by atoms with Gasteiger partial charge in [-0.3, -0.25) is 9.69 Å². The molecule has 0 bridgehead atoms. The Bertz CT molecular complexity index is 756. The number of hydrogen-bond donors (Lipinski definition) is 1. The van der Waals surface area contributed by atoms with Gasteiger partial charge in [0.1, 0.15) is 22.8 Å². The minimum atomic E-state index is -1.18. The van der Waals surface area contributed by atoms with E-state index in [4.69, 9.17) is 4.52 Å². The number of aryl methyl sites for hydroxylation is 1. The molecule has 0 spiro atoms. The molecule has 1 aliphatic rings. The van der Waals surface area contributed by atoms with Gasteiger partial charge in [0.05, 0.1) is 6.54 Å². The van der Waals surface area contributed by atoms with Gasteiger partial charge in [0.15, 0.2) is 0 Å². The highest BCUT2D eigenvalue weighted by molar-refractivity contribution is 6.07. The lowest BCUT2D eigenvalue weighted by atomic mass is 9.87. The first kappa shape index (κ1) is 15.2. The molecule has 0 aliphatic carbocycles. The van der Waals surface area contributed by atoms with Crippen LogP contribution in [0.2, 0.25) is 0 Å². The quantitative estimate of drug-likeness (QED) is 0.879. The molecule has 0 unspecified atom stereocenters. The molecule has 1 aromatic heterocycles. The van der Waals surface area contributed by atoms with Gasteiger partial charge in [-0.2, -0.15) is 0 Å². The fourth-order valence-corrected chi connectivity index (χ4v) is 2.80. The lowest BCUT2D eigenvalue weighted by Crippen LogP contribution is -2.43. The second-order valence-corrected chi connectivity index (χ2v) is 5.52. The first-order valence-electron chi connectivity index (χ1n) is 7.28. The summed E-state index contributed by atoms with van der Waals surface area (Å²) in [7, 11) is 0. The normalized spacial score (nSPS) is 20.9. The Kier molecular flexibility index (Phi) is 3.63. The van der Waals surface area contributed by atoms with E-state index in [0.717, 1.165) is 4.90 Å². The van der Waals surface area contributed by atoms with Gasteiger partial charge in [-0.15, -0.1) is 0 Å². The molecular formula is C16H16FN3O3. The lowest BCUT2D eigenvalue weighted by molar-refractivity contribution is -0.132. The summed E-state index contributed by atoms with van der Waals surface area (Å²) in [6, 6.07) is 6.75. The van der Waals surface area contributed by atoms with Crippen molar-refractivity contribution in [1.29, 1.82) is 0 Å². The molecule has 1 fully saturated rings. The predicted octanol–water partition coefficient (Wildman–Crippen LogP) is 2.48. The van der Waals surface area contributed by atoms with Crippen LogP contribution in [-0.4, -0.2) is 22.0 Å². The first-order valence-corrected chi connectivity index (χ1v) is 7.28. The van der Waals surface area contributed by atoms with Crippen molar-refractivity contribution in [2.75, 3.05) is 0 Å². The minimum Gasteiger partial charge on any atom is -0.361 e. The number of nitrogens with one attached hydrogen (secondary N) is 1. The molecule has 1 aromatic carbocycles. The van der Waals surface area contributed by atoms with Crippen molar-refractivity contribution in [3.05, 3.63) is 53.2 Å². The monoisotopic (exact) mass is 317 g/mol. The van der Waals surface area contributed by atoms with E-state index in [9.17, 15) is 14.0 Å². The number of urea groups is 1. The molecule has 3 amide bonds. The van der Waals surface area contributed by atoms with Crippen molar-refractivity contribution < 1.29 is 18.5 Å². The summed E-state index contributed by atoms with van der Waals surface area (Å²) >= 11 is 0. The van der Waals surface area contributed by atoms with Gasteiger partial charge in [0.2, 0.25) is 0 Å². The maximum Gasteiger partial charge on any atom is 0.325 e. The topological polar surface area (TPSA) is 75.4 Å². The number of rotatable bonds is 4. The number of amides is 3. The summed E-state index contributed by atoms with van der Waals surface area (Å²) in [6.45, 7) is 3.56. The number of hydrogen-bond acceptors (Lipinski definition) is 4. The third-order valence-electron chi connectivity index (χ3n) is 4.04. The second-order valence-electron chi connectivity index (χ2n) is 5.52. The van der Waals surface area contributed by atoms with Crippen molar-refractivity contribution in [3.8, 4) is 0 Å². The Balaban J connectivity index is 1.93. The molecule has 1 atom stereocenters. The van der Waals surface area contributed by atoms with Crippen LogP contribution in [0.25, 0.3) is 0 Å². The SMILES string of the molecule is CC[C@]1(c2ccc(F)cc2)NC(=O)N(Cc2cc(C)on2)C1=O. The Labute approximate surface area is 132 Å². The van der Waals surface area contributed by atoms with E-state index in [0.29, 0.717) is 23.4 Å². The van der Waals surface area contributed by atoms with Gasteiger partial charge in [-0.1, -0.05) is 24.2 Å². The number of benzene rings is 1. The van der Waals surface area contributed by atoms with Crippen molar-refractivity contribution >= 4 is 11.9 Å². The molecule has 1 saturated heterocycles. The maximum atomic E-state index is 13.1. The van der Waals surface area contributed by atoms with Crippen molar-refractivity contribution in [1.82, 2.24) is 15.4 Å². The van der Waals surface area contributed by atoms with Gasteiger partial charge in [-0.25, -0.2) is 9.18 Å². The Morgan fingerprint density at radius 1 is 1.30 bits per heavy atom. The van der Waals surface area contributed by atoms with E-state index in [1.54, 1.807) is 19.9 Å². The summed E-state index contributed by atoms with van der Waals surface area (Å²) in [6.07, 6.45) is 0.359. The van der Waals surface area contributed by atoms with Crippen LogP contribution in [0.3, 0.4) is 0 Å². The van der Waals surface area contributed by atoms with E-state index in [1.807, 2.05) is 0 Å². The van der Waals surface area contributed by atoms with Crippen LogP contribution >= 0.6 is 0 Å². The summed E-state index contributed by atoms with van der Waals surface area (Å²) in [5.41, 5.74) is -0.126. The van der Waals surface area contributed by atoms with Gasteiger partial charge < -0.3 is 9.84 Å². The molecule has 6 nitrogen and oxygen atoms in total. The number of carbonyl (C=O) groups is 2. The molecule has 1 N–H and O–H groups in total. The van der Waals surface area contributed by atoms with Crippen molar-refractivity contribution in [3.63, 3.8) is 0 Å². The van der Waals surface area contributed by atoms with Crippen LogP contribution in [0.5, 0.6) is 0 Å². The van der Waals surface area contributed by atoms with Crippen molar-refractivity contribution in [2.24, 2.45) is 0 Å². The highest BCUT2D eigenvalue weighted by Crippen LogP contribution is 2.33. The highest BCUT2D eigenvalue weighted by Gasteiger charge is 2.51. The molecule has 2 aromatic rings. The molecule has 120 valence electrons. The summed E-state index contributed by atoms with van der Waals surface area (Å²) in [4.78, 5) is 26.2. The number of carbonyl (C=O) groups excluding carboxylic acids is 2. The molecule has 7 heteroatoms. The Hall–Kier alpha value is -2.70. The van der Waals surface area contributed by atoms with Crippen LogP contribution in [-0.2, 0) is 16.9 Å². The maximum absolute atomic E-state index is 13.1. The molecule has 1 aliphatic heterocycles. The summed E-state index contributed by atoms with van der Waals surface area (Å²) in [5, 5.41) is 6.54. The number of imide groups is 1. The zero-order valence-corrected chi connectivity index (χ0v) is 12.8. The fraction of sp³-hybridized carbons (Fsp3) is 0.312. The third-order valence-corrected chi connectivity index (χ3v) is 4.04. The van der Waals surface area contributed by atoms with Gasteiger partial charge in [0.25, 0.3) is 5.91 Å². The van der Waals surface area contributed by atoms with Gasteiger partial charge in [-0.05, 0) is 31.0 Å². The Morgan fingerprint density at radius 2 is 2.00 bits per heavy atom. The van der Waals surface area contributed by atoms with Crippen LogP contribution < -0.4 is 5.32 Å². The standard InChI is InChI=1S/C16H16FN3O3/c1-3-16(11-4-6-12(17)7-5-11)14(21)20(15(22)18-16)9-13-8-10(2)23-19-13/h4-8H,3,9H2,1-2H3,(H,18,22)/t16-/m1/s1. The largest absolute Gasteiger partial charge is 0.361 e. The number of aromatic nitrogens is 1. The van der Waals surface area contributed by atoms with Crippen LogP contribution in [0.1, 0.15) is 30.4 Å². The van der Waals surface area contributed by atoms with Crippen molar-refractivity contribution in [2.45, 2.75) is 32.4 Å². The van der Waals surface area contributed by atoms with Gasteiger partial charge in [0, 0.05) is 6.07 Å². The van der Waals surface area contributed by atoms with E-state index in [-0.39, 0.29) is 12.5 Å². The second kappa shape index (κ2) is 5.49. The average molecular weight is 317 g/mol. The predicted molar refractivity (Wildman–Crippen MR) is 78.7 cm³/mol. The van der Waals surface area contributed by atoms with E-state index < -0.39 is 17.4 Å². The Morgan fingerprint density at radius 3 is 2.57 bits per heavy atom. The molecule has 0 saturated carbocycles. The summed E-state index contributed by atoms with van der Waals surface area (Å²) in [5.74, 6) is -0.170. The zero-order valence-electron chi connectivity index (χ0n) is 12.8. The van der Waals surface area contributed by atoms with Crippen LogP contribution in [0.15, 0.2) is 34.9 Å².